The van der Waals surface area contributed by atoms with Gasteiger partial charge in [0.05, 0.1) is 31.2 Å². The molecule has 0 saturated carbocycles. The van der Waals surface area contributed by atoms with Crippen LogP contribution in [-0.4, -0.2) is 68.3 Å². The quantitative estimate of drug-likeness (QED) is 0.184. The highest BCUT2D eigenvalue weighted by Crippen LogP contribution is 2.60. The van der Waals surface area contributed by atoms with E-state index in [4.69, 9.17) is 14.2 Å². The molecular weight excluding hydrogens is 629 g/mol. The average molecular weight is 668 g/mol. The third kappa shape index (κ3) is 5.41. The fourth-order valence-electron chi connectivity index (χ4n) is 7.65. The first-order valence-corrected chi connectivity index (χ1v) is 18.6. The Balaban J connectivity index is 1.37. The van der Waals surface area contributed by atoms with Gasteiger partial charge in [0, 0.05) is 48.9 Å². The maximum Gasteiger partial charge on any atom is 0.304 e. The number of benzene rings is 2. The highest BCUT2D eigenvalue weighted by molar-refractivity contribution is 6.72. The Morgan fingerprint density at radius 1 is 0.957 bits per heavy atom. The van der Waals surface area contributed by atoms with Gasteiger partial charge < -0.3 is 28.3 Å². The van der Waals surface area contributed by atoms with E-state index in [0.29, 0.717) is 22.6 Å². The minimum atomic E-state index is -3.43. The van der Waals surface area contributed by atoms with Crippen LogP contribution in [0.2, 0.25) is 18.6 Å². The molecule has 0 bridgehead atoms. The average Bonchev–Trinajstić information content (AvgIpc) is 3.39. The summed E-state index contributed by atoms with van der Waals surface area (Å²) < 4.78 is 33.1. The lowest BCUT2D eigenvalue weighted by Crippen LogP contribution is -2.55. The Bertz CT molecular complexity index is 1650. The van der Waals surface area contributed by atoms with E-state index in [1.54, 1.807) is 60.5 Å². The molecule has 0 aliphatic carbocycles. The summed E-state index contributed by atoms with van der Waals surface area (Å²) in [5.74, 6) is -2.44. The van der Waals surface area contributed by atoms with Crippen molar-refractivity contribution >= 4 is 55.1 Å². The topological polar surface area (TPSA) is 143 Å². The molecule has 0 aromatic heterocycles. The van der Waals surface area contributed by atoms with Crippen LogP contribution in [-0.2, 0) is 50.3 Å². The summed E-state index contributed by atoms with van der Waals surface area (Å²) in [6.45, 7) is 7.39. The molecule has 2 aromatic rings. The number of carbonyl (C=O) groups excluding carboxylic acids is 5. The van der Waals surface area contributed by atoms with Crippen molar-refractivity contribution in [1.82, 2.24) is 0 Å². The lowest BCUT2D eigenvalue weighted by Gasteiger charge is -2.39. The number of ether oxygens (including phenoxy) is 3. The molecule has 3 amide bonds. The highest BCUT2D eigenvalue weighted by Gasteiger charge is 2.66. The zero-order chi connectivity index (χ0) is 34.0. The van der Waals surface area contributed by atoms with E-state index in [-0.39, 0.29) is 50.1 Å². The van der Waals surface area contributed by atoms with Crippen LogP contribution in [0.3, 0.4) is 0 Å². The standard InChI is InChI=1S/C33H38FN3O9Si/c1-18-31(47(4,5)34)26(12-13-38)46-33(18)24-14-23(37-28(42)16-30(37)45-20(3)40)10-11-25(24)35(32(33)43)17-21-6-8-22(9-7-21)36-27(41)15-29(36)44-19(2)39/h6-11,14,18,26,29-31,38H,12-13,15-17H2,1-5H3/t18-,26+,29?,30?,31-,33+/m1/s1. The number of nitrogens with zero attached hydrogens (tertiary/aromatic N) is 3. The second-order valence-corrected chi connectivity index (χ2v) is 16.9. The van der Waals surface area contributed by atoms with Gasteiger partial charge in [0.25, 0.3) is 5.91 Å². The van der Waals surface area contributed by atoms with Crippen molar-refractivity contribution in [1.29, 1.82) is 0 Å². The Labute approximate surface area is 272 Å². The van der Waals surface area contributed by atoms with E-state index in [0.717, 1.165) is 5.56 Å². The van der Waals surface area contributed by atoms with Gasteiger partial charge in [0.1, 0.15) is 0 Å². The fourth-order valence-corrected chi connectivity index (χ4v) is 10.2. The number of anilines is 3. The third-order valence-corrected chi connectivity index (χ3v) is 12.1. The van der Waals surface area contributed by atoms with Gasteiger partial charge in [-0.1, -0.05) is 19.1 Å². The van der Waals surface area contributed by atoms with E-state index >= 15 is 4.11 Å². The number of amides is 3. The van der Waals surface area contributed by atoms with Crippen LogP contribution in [0, 0.1) is 5.92 Å². The Hall–Kier alpha value is -4.14. The molecular formula is C33H38FN3O9Si. The van der Waals surface area contributed by atoms with Gasteiger partial charge in [0.2, 0.25) is 20.2 Å². The molecule has 3 saturated heterocycles. The van der Waals surface area contributed by atoms with Crippen molar-refractivity contribution in [3.05, 3.63) is 53.6 Å². The number of β-lactam (4-membered cyclic amide) rings is 2. The lowest BCUT2D eigenvalue weighted by atomic mass is 9.82. The molecule has 47 heavy (non-hydrogen) atoms. The molecule has 1 spiro atoms. The first-order valence-electron chi connectivity index (χ1n) is 15.7. The number of esters is 2. The van der Waals surface area contributed by atoms with Crippen molar-refractivity contribution in [3.8, 4) is 0 Å². The SMILES string of the molecule is CC(=O)OC1CC(=O)N1c1ccc(CN2C(=O)[C@@]3(O[C@@H](CCO)[C@H]([Si](C)(C)F)[C@H]3C)c3cc(N4C(=O)CC4OC(C)=O)ccc32)cc1. The zero-order valence-electron chi connectivity index (χ0n) is 26.9. The number of rotatable bonds is 9. The minimum Gasteiger partial charge on any atom is -0.441 e. The molecule has 4 aliphatic rings. The summed E-state index contributed by atoms with van der Waals surface area (Å²) in [6.07, 6.45) is -1.88. The van der Waals surface area contributed by atoms with Crippen molar-refractivity contribution < 1.29 is 47.4 Å². The second kappa shape index (κ2) is 11.8. The highest BCUT2D eigenvalue weighted by atomic mass is 28.4. The smallest absolute Gasteiger partial charge is 0.304 e. The molecule has 250 valence electrons. The summed E-state index contributed by atoms with van der Waals surface area (Å²) in [6, 6.07) is 12.1. The van der Waals surface area contributed by atoms with Gasteiger partial charge in [-0.2, -0.15) is 0 Å². The van der Waals surface area contributed by atoms with Crippen molar-refractivity contribution in [2.75, 3.05) is 21.3 Å². The van der Waals surface area contributed by atoms with Crippen LogP contribution < -0.4 is 14.7 Å². The van der Waals surface area contributed by atoms with Crippen molar-refractivity contribution in [2.45, 2.75) is 89.4 Å². The van der Waals surface area contributed by atoms with E-state index in [1.165, 1.54) is 23.6 Å². The number of halogens is 1. The molecule has 2 unspecified atom stereocenters. The molecule has 1 N–H and O–H groups in total. The van der Waals surface area contributed by atoms with Crippen LogP contribution in [0.25, 0.3) is 0 Å². The van der Waals surface area contributed by atoms with E-state index in [9.17, 15) is 29.1 Å². The summed E-state index contributed by atoms with van der Waals surface area (Å²) in [5.41, 5.74) is 0.510. The predicted molar refractivity (Wildman–Crippen MR) is 169 cm³/mol. The van der Waals surface area contributed by atoms with Gasteiger partial charge in [-0.05, 0) is 55.4 Å². The molecule has 3 fully saturated rings. The monoisotopic (exact) mass is 667 g/mol. The molecule has 6 rings (SSSR count). The zero-order valence-corrected chi connectivity index (χ0v) is 27.9. The molecule has 2 aromatic carbocycles. The van der Waals surface area contributed by atoms with Crippen LogP contribution in [0.15, 0.2) is 42.5 Å². The molecule has 4 aliphatic heterocycles. The maximum atomic E-state index is 16.0. The number of hydrogen-bond donors (Lipinski definition) is 1. The van der Waals surface area contributed by atoms with Gasteiger partial charge in [-0.3, -0.25) is 33.8 Å². The number of carbonyl (C=O) groups is 5. The second-order valence-electron chi connectivity index (χ2n) is 13.1. The number of hydrogen-bond acceptors (Lipinski definition) is 9. The van der Waals surface area contributed by atoms with Crippen LogP contribution >= 0.6 is 0 Å². The summed E-state index contributed by atoms with van der Waals surface area (Å²) >= 11 is 0. The summed E-state index contributed by atoms with van der Waals surface area (Å²) in [4.78, 5) is 67.1. The normalized spacial score (nSPS) is 28.4. The van der Waals surface area contributed by atoms with E-state index in [1.807, 2.05) is 6.92 Å². The molecule has 4 heterocycles. The summed E-state index contributed by atoms with van der Waals surface area (Å²) in [7, 11) is -3.43. The number of aliphatic hydroxyl groups is 1. The van der Waals surface area contributed by atoms with Crippen molar-refractivity contribution in [2.24, 2.45) is 5.92 Å². The number of fused-ring (bicyclic) bond motifs is 2. The molecule has 6 atom stereocenters. The Morgan fingerprint density at radius 2 is 1.51 bits per heavy atom. The Kier molecular flexibility index (Phi) is 8.25. The van der Waals surface area contributed by atoms with Crippen LogP contribution in [0.4, 0.5) is 21.2 Å². The predicted octanol–water partition coefficient (Wildman–Crippen LogP) is 3.64. The Morgan fingerprint density at radius 3 is 2.02 bits per heavy atom. The largest absolute Gasteiger partial charge is 0.441 e. The molecule has 14 heteroatoms. The van der Waals surface area contributed by atoms with Crippen molar-refractivity contribution in [3.63, 3.8) is 0 Å². The molecule has 0 radical (unpaired) electrons. The minimum absolute atomic E-state index is 0.0305. The maximum absolute atomic E-state index is 16.0. The van der Waals surface area contributed by atoms with Crippen LogP contribution in [0.5, 0.6) is 0 Å². The van der Waals surface area contributed by atoms with Gasteiger partial charge in [0.15, 0.2) is 18.1 Å². The van der Waals surface area contributed by atoms with E-state index in [2.05, 4.69) is 0 Å². The molecule has 12 nitrogen and oxygen atoms in total. The van der Waals surface area contributed by atoms with Gasteiger partial charge in [-0.15, -0.1) is 0 Å². The third-order valence-electron chi connectivity index (χ3n) is 9.61. The fraction of sp³-hybridized carbons (Fsp3) is 0.485. The van der Waals surface area contributed by atoms with E-state index < -0.39 is 56.0 Å². The first kappa shape index (κ1) is 32.8. The lowest BCUT2D eigenvalue weighted by molar-refractivity contribution is -0.155. The van der Waals surface area contributed by atoms with Gasteiger partial charge in [-0.25, -0.2) is 0 Å². The number of aliphatic hydroxyl groups excluding tert-OH is 1. The first-order chi connectivity index (χ1) is 22.2. The summed E-state index contributed by atoms with van der Waals surface area (Å²) in [5, 5.41) is 9.86. The van der Waals surface area contributed by atoms with Gasteiger partial charge >= 0.3 is 11.9 Å². The van der Waals surface area contributed by atoms with Crippen LogP contribution in [0.1, 0.15) is 51.2 Å².